The van der Waals surface area contributed by atoms with E-state index in [0.717, 1.165) is 15.9 Å². The highest BCUT2D eigenvalue weighted by Crippen LogP contribution is 2.37. The summed E-state index contributed by atoms with van der Waals surface area (Å²) in [6.45, 7) is 1.02. The third kappa shape index (κ3) is 3.01. The number of imidazole rings is 1. The van der Waals surface area contributed by atoms with Crippen LogP contribution in [0.15, 0.2) is 46.2 Å². The van der Waals surface area contributed by atoms with Crippen molar-refractivity contribution in [1.82, 2.24) is 24.3 Å². The van der Waals surface area contributed by atoms with Crippen LogP contribution in [-0.2, 0) is 7.05 Å². The number of rotatable bonds is 5. The summed E-state index contributed by atoms with van der Waals surface area (Å²) < 4.78 is 35.5. The van der Waals surface area contributed by atoms with E-state index < -0.39 is 6.55 Å². The molecule has 9 heteroatoms. The third-order valence-corrected chi connectivity index (χ3v) is 5.53. The van der Waals surface area contributed by atoms with Gasteiger partial charge in [0.1, 0.15) is 11.6 Å². The number of hydrogen-bond donors (Lipinski definition) is 0. The second-order valence-corrected chi connectivity index (χ2v) is 7.43. The van der Waals surface area contributed by atoms with Crippen molar-refractivity contribution in [3.8, 4) is 11.4 Å². The molecule has 0 spiro atoms. The van der Waals surface area contributed by atoms with Crippen LogP contribution < -0.4 is 0 Å². The number of aryl methyl sites for hydroxylation is 1. The van der Waals surface area contributed by atoms with Crippen LogP contribution in [0.2, 0.25) is 0 Å². The predicted molar refractivity (Wildman–Crippen MR) is 98.7 cm³/mol. The summed E-state index contributed by atoms with van der Waals surface area (Å²) in [5, 5.41) is 8.72. The standard InChI is InChI=1S/C18H17F2N5OS/c1-10-12(8-9-26-10)16-22-23-18(24(16)3)27-11(2)15-21-13-6-4-5-7-14(13)25(15)17(19)20/h4-9,11,17H,1-3H3. The molecular weight excluding hydrogens is 372 g/mol. The molecule has 3 aromatic heterocycles. The average Bonchev–Trinajstić information content (AvgIpc) is 3.32. The molecule has 1 atom stereocenters. The summed E-state index contributed by atoms with van der Waals surface area (Å²) in [4.78, 5) is 4.42. The SMILES string of the molecule is Cc1occc1-c1nnc(SC(C)c2nc3ccccc3n2C(F)F)n1C. The molecule has 0 saturated heterocycles. The van der Waals surface area contributed by atoms with Crippen LogP contribution in [0.5, 0.6) is 0 Å². The molecule has 1 aromatic carbocycles. The number of fused-ring (bicyclic) bond motifs is 1. The quantitative estimate of drug-likeness (QED) is 0.451. The predicted octanol–water partition coefficient (Wildman–Crippen LogP) is 4.98. The lowest BCUT2D eigenvalue weighted by Gasteiger charge is -2.13. The first-order chi connectivity index (χ1) is 13.0. The maximum Gasteiger partial charge on any atom is 0.320 e. The molecule has 0 radical (unpaired) electrons. The fourth-order valence-corrected chi connectivity index (χ4v) is 3.96. The van der Waals surface area contributed by atoms with Gasteiger partial charge in [0.15, 0.2) is 11.0 Å². The minimum atomic E-state index is -2.67. The molecular formula is C18H17F2N5OS. The topological polar surface area (TPSA) is 61.7 Å². The second kappa shape index (κ2) is 6.80. The summed E-state index contributed by atoms with van der Waals surface area (Å²) >= 11 is 1.34. The monoisotopic (exact) mass is 389 g/mol. The molecule has 4 rings (SSSR count). The van der Waals surface area contributed by atoms with E-state index in [9.17, 15) is 8.78 Å². The molecule has 0 bridgehead atoms. The number of benzene rings is 1. The second-order valence-electron chi connectivity index (χ2n) is 6.12. The summed E-state index contributed by atoms with van der Waals surface area (Å²) in [5.74, 6) is 1.72. The Morgan fingerprint density at radius 2 is 1.93 bits per heavy atom. The molecule has 4 aromatic rings. The fraction of sp³-hybridized carbons (Fsp3) is 0.278. The Labute approximate surface area is 158 Å². The minimum Gasteiger partial charge on any atom is -0.469 e. The Kier molecular flexibility index (Phi) is 4.47. The number of hydrogen-bond acceptors (Lipinski definition) is 5. The van der Waals surface area contributed by atoms with Crippen molar-refractivity contribution in [2.75, 3.05) is 0 Å². The van der Waals surface area contributed by atoms with Gasteiger partial charge in [-0.1, -0.05) is 23.9 Å². The van der Waals surface area contributed by atoms with E-state index >= 15 is 0 Å². The number of halogens is 2. The van der Waals surface area contributed by atoms with Crippen molar-refractivity contribution in [2.45, 2.75) is 30.8 Å². The highest BCUT2D eigenvalue weighted by Gasteiger charge is 2.24. The van der Waals surface area contributed by atoms with Gasteiger partial charge in [-0.05, 0) is 32.0 Å². The summed E-state index contributed by atoms with van der Waals surface area (Å²) in [6.07, 6.45) is 1.60. The van der Waals surface area contributed by atoms with Crippen LogP contribution in [0, 0.1) is 6.92 Å². The molecule has 0 aliphatic rings. The molecule has 3 heterocycles. The van der Waals surface area contributed by atoms with E-state index in [0.29, 0.717) is 27.8 Å². The molecule has 0 aliphatic heterocycles. The van der Waals surface area contributed by atoms with Gasteiger partial charge in [0.25, 0.3) is 0 Å². The van der Waals surface area contributed by atoms with Gasteiger partial charge in [-0.15, -0.1) is 10.2 Å². The maximum atomic E-state index is 13.7. The van der Waals surface area contributed by atoms with Gasteiger partial charge in [-0.3, -0.25) is 4.57 Å². The van der Waals surface area contributed by atoms with E-state index in [1.165, 1.54) is 11.8 Å². The summed E-state index contributed by atoms with van der Waals surface area (Å²) in [5.41, 5.74) is 1.82. The van der Waals surface area contributed by atoms with E-state index in [4.69, 9.17) is 4.42 Å². The lowest BCUT2D eigenvalue weighted by atomic mass is 10.2. The fourth-order valence-electron chi connectivity index (χ4n) is 3.03. The van der Waals surface area contributed by atoms with Gasteiger partial charge in [0, 0.05) is 7.05 Å². The van der Waals surface area contributed by atoms with E-state index in [1.807, 2.05) is 31.5 Å². The average molecular weight is 389 g/mol. The van der Waals surface area contributed by atoms with E-state index in [1.54, 1.807) is 30.5 Å². The third-order valence-electron chi connectivity index (χ3n) is 4.40. The van der Waals surface area contributed by atoms with Crippen molar-refractivity contribution >= 4 is 22.8 Å². The Hall–Kier alpha value is -2.68. The van der Waals surface area contributed by atoms with Crippen LogP contribution >= 0.6 is 11.8 Å². The number of alkyl halides is 2. The van der Waals surface area contributed by atoms with Gasteiger partial charge in [0.05, 0.1) is 28.1 Å². The lowest BCUT2D eigenvalue weighted by molar-refractivity contribution is 0.0715. The lowest BCUT2D eigenvalue weighted by Crippen LogP contribution is -2.07. The Morgan fingerprint density at radius 1 is 1.15 bits per heavy atom. The smallest absolute Gasteiger partial charge is 0.320 e. The highest BCUT2D eigenvalue weighted by molar-refractivity contribution is 7.99. The molecule has 0 saturated carbocycles. The largest absolute Gasteiger partial charge is 0.469 e. The molecule has 27 heavy (non-hydrogen) atoms. The van der Waals surface area contributed by atoms with Gasteiger partial charge >= 0.3 is 6.55 Å². The molecule has 0 amide bonds. The van der Waals surface area contributed by atoms with Gasteiger partial charge in [0.2, 0.25) is 0 Å². The molecule has 6 nitrogen and oxygen atoms in total. The summed E-state index contributed by atoms with van der Waals surface area (Å²) in [6, 6.07) is 8.73. The zero-order valence-corrected chi connectivity index (χ0v) is 15.7. The molecule has 0 N–H and O–H groups in total. The summed E-state index contributed by atoms with van der Waals surface area (Å²) in [7, 11) is 1.84. The number of thioether (sulfide) groups is 1. The van der Waals surface area contributed by atoms with Crippen molar-refractivity contribution in [3.05, 3.63) is 48.2 Å². The number of furan rings is 1. The Balaban J connectivity index is 1.69. The van der Waals surface area contributed by atoms with Crippen LogP contribution in [0.1, 0.15) is 30.3 Å². The first kappa shape index (κ1) is 17.7. The number of aromatic nitrogens is 5. The molecule has 0 aliphatic carbocycles. The van der Waals surface area contributed by atoms with Gasteiger partial charge in [-0.25, -0.2) is 4.98 Å². The van der Waals surface area contributed by atoms with Crippen molar-refractivity contribution in [3.63, 3.8) is 0 Å². The van der Waals surface area contributed by atoms with Crippen LogP contribution in [-0.4, -0.2) is 24.3 Å². The molecule has 140 valence electrons. The first-order valence-corrected chi connectivity index (χ1v) is 9.21. The Morgan fingerprint density at radius 3 is 2.63 bits per heavy atom. The van der Waals surface area contributed by atoms with Crippen LogP contribution in [0.4, 0.5) is 8.78 Å². The van der Waals surface area contributed by atoms with Crippen molar-refractivity contribution < 1.29 is 13.2 Å². The normalized spacial score (nSPS) is 13.0. The zero-order chi connectivity index (χ0) is 19.1. The van der Waals surface area contributed by atoms with E-state index in [2.05, 4.69) is 15.2 Å². The van der Waals surface area contributed by atoms with Crippen molar-refractivity contribution in [1.29, 1.82) is 0 Å². The molecule has 1 unspecified atom stereocenters. The highest BCUT2D eigenvalue weighted by atomic mass is 32.2. The van der Waals surface area contributed by atoms with E-state index in [-0.39, 0.29) is 5.25 Å². The van der Waals surface area contributed by atoms with Gasteiger partial charge < -0.3 is 8.98 Å². The minimum absolute atomic E-state index is 0.306. The van der Waals surface area contributed by atoms with Crippen LogP contribution in [0.3, 0.4) is 0 Å². The first-order valence-electron chi connectivity index (χ1n) is 8.33. The Bertz CT molecular complexity index is 1100. The number of nitrogens with zero attached hydrogens (tertiary/aromatic N) is 5. The zero-order valence-electron chi connectivity index (χ0n) is 14.9. The van der Waals surface area contributed by atoms with Gasteiger partial charge in [-0.2, -0.15) is 8.78 Å². The maximum absolute atomic E-state index is 13.7. The van der Waals surface area contributed by atoms with Crippen molar-refractivity contribution in [2.24, 2.45) is 7.05 Å². The van der Waals surface area contributed by atoms with Crippen LogP contribution in [0.25, 0.3) is 22.4 Å². The molecule has 0 fully saturated rings. The number of para-hydroxylation sites is 2.